The van der Waals surface area contributed by atoms with Gasteiger partial charge in [-0.15, -0.1) is 0 Å². The van der Waals surface area contributed by atoms with E-state index in [9.17, 15) is 23.1 Å². The molecule has 0 saturated heterocycles. The number of halogens is 1. The summed E-state index contributed by atoms with van der Waals surface area (Å²) in [7, 11) is -1.03. The first kappa shape index (κ1) is 20.4. The molecule has 0 radical (unpaired) electrons. The van der Waals surface area contributed by atoms with Crippen molar-refractivity contribution in [2.24, 2.45) is 5.92 Å². The smallest absolute Gasteiger partial charge is 0.253 e. The molecule has 1 rings (SSSR count). The third kappa shape index (κ3) is 4.46. The highest BCUT2D eigenvalue weighted by molar-refractivity contribution is 7.89. The molecule has 7 nitrogen and oxygen atoms in total. The first-order chi connectivity index (χ1) is 11.0. The normalized spacial score (nSPS) is 14.2. The Balaban J connectivity index is 3.22. The van der Waals surface area contributed by atoms with E-state index < -0.39 is 27.9 Å². The molecule has 9 heteroatoms. The molecule has 0 saturated carbocycles. The Morgan fingerprint density at radius 1 is 1.33 bits per heavy atom. The van der Waals surface area contributed by atoms with Crippen molar-refractivity contribution < 1.29 is 23.1 Å². The van der Waals surface area contributed by atoms with E-state index in [-0.39, 0.29) is 21.4 Å². The molecule has 2 atom stereocenters. The van der Waals surface area contributed by atoms with Crippen LogP contribution in [0, 0.1) is 5.92 Å². The molecule has 0 unspecified atom stereocenters. The van der Waals surface area contributed by atoms with E-state index in [4.69, 9.17) is 11.6 Å². The molecule has 0 aromatic heterocycles. The number of hydrogen-bond acceptors (Lipinski definition) is 5. The zero-order valence-corrected chi connectivity index (χ0v) is 15.4. The second-order valence-corrected chi connectivity index (χ2v) is 8.14. The quantitative estimate of drug-likeness (QED) is 0.746. The molecule has 0 fully saturated rings. The highest BCUT2D eigenvalue weighted by Gasteiger charge is 2.24. The van der Waals surface area contributed by atoms with Gasteiger partial charge in [-0.25, -0.2) is 12.7 Å². The summed E-state index contributed by atoms with van der Waals surface area (Å²) < 4.78 is 25.3. The maximum absolute atomic E-state index is 12.4. The first-order valence-corrected chi connectivity index (χ1v) is 9.08. The van der Waals surface area contributed by atoms with Crippen molar-refractivity contribution in [1.29, 1.82) is 0 Å². The van der Waals surface area contributed by atoms with Gasteiger partial charge in [-0.3, -0.25) is 4.79 Å². The predicted molar refractivity (Wildman–Crippen MR) is 88.0 cm³/mol. The molecular weight excluding hydrogens is 356 g/mol. The van der Waals surface area contributed by atoms with Crippen molar-refractivity contribution >= 4 is 33.5 Å². The van der Waals surface area contributed by atoms with E-state index in [1.54, 1.807) is 13.8 Å². The van der Waals surface area contributed by atoms with Crippen LogP contribution in [0.3, 0.4) is 0 Å². The number of benzene rings is 1. The van der Waals surface area contributed by atoms with Gasteiger partial charge in [-0.05, 0) is 24.1 Å². The minimum atomic E-state index is -3.75. The van der Waals surface area contributed by atoms with Gasteiger partial charge >= 0.3 is 0 Å². The zero-order valence-electron chi connectivity index (χ0n) is 13.9. The number of nitrogens with one attached hydrogen (secondary N) is 1. The zero-order chi connectivity index (χ0) is 18.7. The van der Waals surface area contributed by atoms with E-state index in [2.05, 4.69) is 5.32 Å². The van der Waals surface area contributed by atoms with Crippen LogP contribution in [0.1, 0.15) is 30.6 Å². The van der Waals surface area contributed by atoms with E-state index in [0.29, 0.717) is 6.42 Å². The SMILES string of the molecule is CC[C@@H](C)[C@@H](NC(=O)c1cc(S(=O)(=O)N(C)C)ccc1Cl)C(=O)[O-]. The average Bonchev–Trinajstić information content (AvgIpc) is 2.51. The largest absolute Gasteiger partial charge is 0.548 e. The molecule has 0 heterocycles. The van der Waals surface area contributed by atoms with Gasteiger partial charge in [0.1, 0.15) is 0 Å². The summed E-state index contributed by atoms with van der Waals surface area (Å²) >= 11 is 5.96. The number of sulfonamides is 1. The van der Waals surface area contributed by atoms with Gasteiger partial charge < -0.3 is 15.2 Å². The lowest BCUT2D eigenvalue weighted by molar-refractivity contribution is -0.309. The number of aliphatic carboxylic acids is 1. The number of rotatable bonds is 7. The van der Waals surface area contributed by atoms with Crippen LogP contribution in [-0.2, 0) is 14.8 Å². The maximum atomic E-state index is 12.4. The van der Waals surface area contributed by atoms with Gasteiger partial charge in [-0.1, -0.05) is 31.9 Å². The van der Waals surface area contributed by atoms with E-state index in [1.165, 1.54) is 26.2 Å². The van der Waals surface area contributed by atoms with Gasteiger partial charge in [0, 0.05) is 14.1 Å². The monoisotopic (exact) mass is 375 g/mol. The molecule has 1 amide bonds. The first-order valence-electron chi connectivity index (χ1n) is 7.26. The van der Waals surface area contributed by atoms with Crippen molar-refractivity contribution in [2.75, 3.05) is 14.1 Å². The second-order valence-electron chi connectivity index (χ2n) is 5.58. The summed E-state index contributed by atoms with van der Waals surface area (Å²) in [5.41, 5.74) is -0.117. The third-order valence-corrected chi connectivity index (χ3v) is 5.86. The summed E-state index contributed by atoms with van der Waals surface area (Å²) in [4.78, 5) is 23.4. The fraction of sp³-hybridized carbons (Fsp3) is 0.467. The molecule has 24 heavy (non-hydrogen) atoms. The van der Waals surface area contributed by atoms with E-state index >= 15 is 0 Å². The van der Waals surface area contributed by atoms with Crippen molar-refractivity contribution in [3.05, 3.63) is 28.8 Å². The van der Waals surface area contributed by atoms with Crippen LogP contribution < -0.4 is 10.4 Å². The van der Waals surface area contributed by atoms with Crippen LogP contribution in [0.2, 0.25) is 5.02 Å². The fourth-order valence-electron chi connectivity index (χ4n) is 1.94. The minimum absolute atomic E-state index is 0.0199. The number of carbonyl (C=O) groups excluding carboxylic acids is 2. The summed E-state index contributed by atoms with van der Waals surface area (Å²) in [5.74, 6) is -2.54. The van der Waals surface area contributed by atoms with Crippen LogP contribution >= 0.6 is 11.6 Å². The minimum Gasteiger partial charge on any atom is -0.548 e. The lowest BCUT2D eigenvalue weighted by atomic mass is 9.99. The van der Waals surface area contributed by atoms with Crippen molar-refractivity contribution in [3.63, 3.8) is 0 Å². The fourth-order valence-corrected chi connectivity index (χ4v) is 3.07. The standard InChI is InChI=1S/C15H21ClN2O5S/c1-5-9(2)13(15(20)21)17-14(19)11-8-10(6-7-12(11)16)24(22,23)18(3)4/h6-9,13H,5H2,1-4H3,(H,17,19)(H,20,21)/p-1/t9-,13-/m1/s1. The van der Waals surface area contributed by atoms with Crippen molar-refractivity contribution in [1.82, 2.24) is 9.62 Å². The molecule has 0 bridgehead atoms. The Hall–Kier alpha value is -1.64. The predicted octanol–water partition coefficient (Wildman–Crippen LogP) is 0.485. The Morgan fingerprint density at radius 2 is 1.92 bits per heavy atom. The van der Waals surface area contributed by atoms with Crippen LogP contribution in [0.25, 0.3) is 0 Å². The van der Waals surface area contributed by atoms with Crippen LogP contribution in [0.5, 0.6) is 0 Å². The summed E-state index contributed by atoms with van der Waals surface area (Å²) in [6, 6.07) is 2.48. The molecule has 134 valence electrons. The lowest BCUT2D eigenvalue weighted by Crippen LogP contribution is -2.51. The Bertz CT molecular complexity index is 733. The maximum Gasteiger partial charge on any atom is 0.253 e. The number of hydrogen-bond donors (Lipinski definition) is 1. The summed E-state index contributed by atoms with van der Waals surface area (Å²) in [5, 5.41) is 13.6. The van der Waals surface area contributed by atoms with Gasteiger partial charge in [0.2, 0.25) is 10.0 Å². The van der Waals surface area contributed by atoms with Crippen molar-refractivity contribution in [3.8, 4) is 0 Å². The molecule has 0 spiro atoms. The molecule has 0 aliphatic carbocycles. The second kappa shape index (κ2) is 7.96. The number of carboxylic acid groups (broad SMARTS) is 1. The third-order valence-electron chi connectivity index (χ3n) is 3.71. The average molecular weight is 376 g/mol. The number of amides is 1. The summed E-state index contributed by atoms with van der Waals surface area (Å²) in [6.07, 6.45) is 0.516. The molecule has 1 aromatic rings. The molecule has 1 aromatic carbocycles. The highest BCUT2D eigenvalue weighted by Crippen LogP contribution is 2.22. The molecule has 0 aliphatic heterocycles. The Morgan fingerprint density at radius 3 is 2.38 bits per heavy atom. The van der Waals surface area contributed by atoms with E-state index in [0.717, 1.165) is 10.4 Å². The number of carboxylic acids is 1. The Kier molecular flexibility index (Phi) is 6.76. The van der Waals surface area contributed by atoms with Gasteiger partial charge in [-0.2, -0.15) is 0 Å². The van der Waals surface area contributed by atoms with Crippen molar-refractivity contribution in [2.45, 2.75) is 31.2 Å². The van der Waals surface area contributed by atoms with E-state index in [1.807, 2.05) is 0 Å². The topological polar surface area (TPSA) is 107 Å². The van der Waals surface area contributed by atoms with Crippen LogP contribution in [0.4, 0.5) is 0 Å². The van der Waals surface area contributed by atoms with Crippen LogP contribution in [-0.4, -0.2) is 44.7 Å². The lowest BCUT2D eigenvalue weighted by Gasteiger charge is -2.25. The van der Waals surface area contributed by atoms with Gasteiger partial charge in [0.25, 0.3) is 5.91 Å². The number of nitrogens with zero attached hydrogens (tertiary/aromatic N) is 1. The van der Waals surface area contributed by atoms with Gasteiger partial charge in [0.05, 0.1) is 27.5 Å². The highest BCUT2D eigenvalue weighted by atomic mass is 35.5. The molecule has 1 N–H and O–H groups in total. The molecular formula is C15H20ClN2O5S-. The summed E-state index contributed by atoms with van der Waals surface area (Å²) in [6.45, 7) is 3.44. The van der Waals surface area contributed by atoms with Gasteiger partial charge in [0.15, 0.2) is 0 Å². The molecule has 0 aliphatic rings. The van der Waals surface area contributed by atoms with Crippen LogP contribution in [0.15, 0.2) is 23.1 Å². The Labute approximate surface area is 146 Å². The number of carbonyl (C=O) groups is 2.